The molecule has 4 nitrogen and oxygen atoms in total. The van der Waals surface area contributed by atoms with Crippen LogP contribution < -0.4 is 5.32 Å². The molecule has 0 unspecified atom stereocenters. The summed E-state index contributed by atoms with van der Waals surface area (Å²) in [5, 5.41) is 11.7. The average Bonchev–Trinajstić information content (AvgIpc) is 2.35. The first kappa shape index (κ1) is 15.3. The number of hydrogen-bond acceptors (Lipinski definition) is 3. The van der Waals surface area contributed by atoms with Gasteiger partial charge in [-0.1, -0.05) is 19.8 Å². The van der Waals surface area contributed by atoms with Gasteiger partial charge in [-0.3, -0.25) is 4.79 Å². The lowest BCUT2D eigenvalue weighted by Gasteiger charge is -2.22. The van der Waals surface area contributed by atoms with Crippen LogP contribution in [0.1, 0.15) is 45.4 Å². The van der Waals surface area contributed by atoms with Crippen molar-refractivity contribution in [2.45, 2.75) is 51.5 Å². The van der Waals surface area contributed by atoms with Gasteiger partial charge in [-0.25, -0.2) is 4.79 Å². The highest BCUT2D eigenvalue weighted by Gasteiger charge is 2.22. The van der Waals surface area contributed by atoms with Gasteiger partial charge in [0.2, 0.25) is 5.91 Å². The fourth-order valence-corrected chi connectivity index (χ4v) is 3.34. The van der Waals surface area contributed by atoms with Gasteiger partial charge in [-0.15, -0.1) is 0 Å². The number of rotatable bonds is 7. The van der Waals surface area contributed by atoms with Crippen molar-refractivity contribution in [2.24, 2.45) is 5.92 Å². The van der Waals surface area contributed by atoms with Gasteiger partial charge in [0, 0.05) is 6.42 Å². The zero-order valence-corrected chi connectivity index (χ0v) is 11.8. The van der Waals surface area contributed by atoms with Crippen molar-refractivity contribution in [3.63, 3.8) is 0 Å². The minimum absolute atomic E-state index is 0.101. The Balaban J connectivity index is 2.32. The maximum atomic E-state index is 11.8. The van der Waals surface area contributed by atoms with Gasteiger partial charge in [0.05, 0.1) is 0 Å². The third-order valence-electron chi connectivity index (χ3n) is 3.29. The molecule has 0 bridgehead atoms. The van der Waals surface area contributed by atoms with Crippen LogP contribution in [0.25, 0.3) is 0 Å². The molecule has 0 spiro atoms. The van der Waals surface area contributed by atoms with Crippen LogP contribution in [0.4, 0.5) is 0 Å². The molecule has 0 aromatic rings. The molecule has 1 saturated heterocycles. The van der Waals surface area contributed by atoms with Crippen LogP contribution in [0.3, 0.4) is 0 Å². The third kappa shape index (κ3) is 5.76. The van der Waals surface area contributed by atoms with Crippen molar-refractivity contribution in [1.29, 1.82) is 0 Å². The largest absolute Gasteiger partial charge is 0.480 e. The molecular weight excluding hydrogens is 250 g/mol. The van der Waals surface area contributed by atoms with Crippen LogP contribution in [0.2, 0.25) is 0 Å². The smallest absolute Gasteiger partial charge is 0.326 e. The van der Waals surface area contributed by atoms with Gasteiger partial charge in [0.15, 0.2) is 0 Å². The van der Waals surface area contributed by atoms with Crippen LogP contribution in [0.5, 0.6) is 0 Å². The van der Waals surface area contributed by atoms with Gasteiger partial charge in [-0.05, 0) is 36.7 Å². The Morgan fingerprint density at radius 2 is 2.06 bits per heavy atom. The van der Waals surface area contributed by atoms with Crippen molar-refractivity contribution in [2.75, 3.05) is 11.5 Å². The molecule has 1 aliphatic heterocycles. The van der Waals surface area contributed by atoms with E-state index in [0.29, 0.717) is 18.8 Å². The number of thioether (sulfide) groups is 1. The van der Waals surface area contributed by atoms with Crippen molar-refractivity contribution in [3.05, 3.63) is 0 Å². The van der Waals surface area contributed by atoms with E-state index in [1.807, 2.05) is 18.7 Å². The SMILES string of the molecule is CCCC[C@H](NC(=O)CC1CCSCC1)C(=O)O. The van der Waals surface area contributed by atoms with Gasteiger partial charge in [0.25, 0.3) is 0 Å². The van der Waals surface area contributed by atoms with Crippen LogP contribution in [0, 0.1) is 5.92 Å². The summed E-state index contributed by atoms with van der Waals surface area (Å²) in [5.41, 5.74) is 0. The zero-order valence-electron chi connectivity index (χ0n) is 11.0. The Hall–Kier alpha value is -0.710. The summed E-state index contributed by atoms with van der Waals surface area (Å²) in [4.78, 5) is 22.8. The summed E-state index contributed by atoms with van der Waals surface area (Å²) in [6.45, 7) is 2.01. The Morgan fingerprint density at radius 1 is 1.39 bits per heavy atom. The fourth-order valence-electron chi connectivity index (χ4n) is 2.13. The summed E-state index contributed by atoms with van der Waals surface area (Å²) in [7, 11) is 0. The van der Waals surface area contributed by atoms with E-state index >= 15 is 0 Å². The summed E-state index contributed by atoms with van der Waals surface area (Å²) in [5.74, 6) is 1.66. The van der Waals surface area contributed by atoms with Gasteiger partial charge >= 0.3 is 5.97 Å². The molecule has 104 valence electrons. The molecule has 0 aliphatic carbocycles. The minimum Gasteiger partial charge on any atom is -0.480 e. The first-order valence-electron chi connectivity index (χ1n) is 6.73. The van der Waals surface area contributed by atoms with E-state index in [9.17, 15) is 9.59 Å². The topological polar surface area (TPSA) is 66.4 Å². The molecule has 0 aromatic carbocycles. The molecule has 1 rings (SSSR count). The van der Waals surface area contributed by atoms with Crippen molar-refractivity contribution < 1.29 is 14.7 Å². The van der Waals surface area contributed by atoms with Crippen LogP contribution in [0.15, 0.2) is 0 Å². The van der Waals surface area contributed by atoms with E-state index in [4.69, 9.17) is 5.11 Å². The van der Waals surface area contributed by atoms with E-state index in [1.165, 1.54) is 0 Å². The number of carboxylic acid groups (broad SMARTS) is 1. The Labute approximate surface area is 113 Å². The average molecular weight is 273 g/mol. The lowest BCUT2D eigenvalue weighted by Crippen LogP contribution is -2.41. The van der Waals surface area contributed by atoms with E-state index < -0.39 is 12.0 Å². The number of unbranched alkanes of at least 4 members (excludes halogenated alkanes) is 1. The second-order valence-electron chi connectivity index (χ2n) is 4.86. The van der Waals surface area contributed by atoms with Gasteiger partial charge in [0.1, 0.15) is 6.04 Å². The number of carbonyl (C=O) groups excluding carboxylic acids is 1. The summed E-state index contributed by atoms with van der Waals surface area (Å²) in [6, 6.07) is -0.713. The Morgan fingerprint density at radius 3 is 2.61 bits per heavy atom. The molecular formula is C13H23NO3S. The first-order chi connectivity index (χ1) is 8.63. The number of carboxylic acids is 1. The van der Waals surface area contributed by atoms with E-state index in [0.717, 1.165) is 37.2 Å². The van der Waals surface area contributed by atoms with Crippen molar-refractivity contribution in [1.82, 2.24) is 5.32 Å². The number of hydrogen-bond donors (Lipinski definition) is 2. The lowest BCUT2D eigenvalue weighted by atomic mass is 9.98. The fraction of sp³-hybridized carbons (Fsp3) is 0.846. The lowest BCUT2D eigenvalue weighted by molar-refractivity contribution is -0.142. The molecule has 0 saturated carbocycles. The summed E-state index contributed by atoms with van der Waals surface area (Å²) in [6.07, 6.45) is 4.93. The molecule has 1 amide bonds. The second-order valence-corrected chi connectivity index (χ2v) is 6.09. The quantitative estimate of drug-likeness (QED) is 0.747. The highest BCUT2D eigenvalue weighted by atomic mass is 32.2. The predicted octanol–water partition coefficient (Wildman–Crippen LogP) is 2.28. The first-order valence-corrected chi connectivity index (χ1v) is 7.88. The highest BCUT2D eigenvalue weighted by Crippen LogP contribution is 2.25. The predicted molar refractivity (Wildman–Crippen MR) is 73.8 cm³/mol. The molecule has 1 heterocycles. The van der Waals surface area contributed by atoms with Gasteiger partial charge < -0.3 is 10.4 Å². The number of amides is 1. The maximum Gasteiger partial charge on any atom is 0.326 e. The van der Waals surface area contributed by atoms with E-state index in [2.05, 4.69) is 5.32 Å². The van der Waals surface area contributed by atoms with Crippen molar-refractivity contribution in [3.8, 4) is 0 Å². The number of nitrogens with one attached hydrogen (secondary N) is 1. The molecule has 1 aliphatic rings. The van der Waals surface area contributed by atoms with Crippen LogP contribution >= 0.6 is 11.8 Å². The Kier molecular flexibility index (Phi) is 7.16. The van der Waals surface area contributed by atoms with Gasteiger partial charge in [-0.2, -0.15) is 11.8 Å². The highest BCUT2D eigenvalue weighted by molar-refractivity contribution is 7.99. The Bertz CT molecular complexity index is 277. The van der Waals surface area contributed by atoms with Crippen molar-refractivity contribution >= 4 is 23.6 Å². The normalized spacial score (nSPS) is 18.3. The number of carbonyl (C=O) groups is 2. The van der Waals surface area contributed by atoms with E-state index in [1.54, 1.807) is 0 Å². The molecule has 1 fully saturated rings. The zero-order chi connectivity index (χ0) is 13.4. The third-order valence-corrected chi connectivity index (χ3v) is 4.34. The summed E-state index contributed by atoms with van der Waals surface area (Å²) < 4.78 is 0. The molecule has 5 heteroatoms. The molecule has 1 atom stereocenters. The van der Waals surface area contributed by atoms with Crippen LogP contribution in [-0.2, 0) is 9.59 Å². The number of aliphatic carboxylic acids is 1. The second kappa shape index (κ2) is 8.40. The molecule has 0 radical (unpaired) electrons. The molecule has 0 aromatic heterocycles. The van der Waals surface area contributed by atoms with Crippen LogP contribution in [-0.4, -0.2) is 34.5 Å². The molecule has 18 heavy (non-hydrogen) atoms. The minimum atomic E-state index is -0.920. The summed E-state index contributed by atoms with van der Waals surface area (Å²) >= 11 is 1.93. The maximum absolute atomic E-state index is 11.8. The standard InChI is InChI=1S/C13H23NO3S/c1-2-3-4-11(13(16)17)14-12(15)9-10-5-7-18-8-6-10/h10-11H,2-9H2,1H3,(H,14,15)(H,16,17)/t11-/m0/s1. The molecule has 2 N–H and O–H groups in total. The monoisotopic (exact) mass is 273 g/mol. The van der Waals surface area contributed by atoms with E-state index in [-0.39, 0.29) is 5.91 Å².